The first-order valence-electron chi connectivity index (χ1n) is 4.41. The summed E-state index contributed by atoms with van der Waals surface area (Å²) in [5.74, 6) is -0.444. The lowest BCUT2D eigenvalue weighted by atomic mass is 10.3. The monoisotopic (exact) mass is 246 g/mol. The molecule has 0 saturated heterocycles. The Morgan fingerprint density at radius 3 is 2.73 bits per heavy atom. The zero-order valence-electron chi connectivity index (χ0n) is 8.79. The second-order valence-corrected chi connectivity index (χ2v) is 5.98. The molecule has 0 fully saturated rings. The van der Waals surface area contributed by atoms with Gasteiger partial charge in [-0.3, -0.25) is 4.98 Å². The predicted octanol–water partition coefficient (Wildman–Crippen LogP) is 3.74. The summed E-state index contributed by atoms with van der Waals surface area (Å²) < 4.78 is 16.8. The molecule has 0 unspecified atom stereocenters. The fourth-order valence-corrected chi connectivity index (χ4v) is 1.43. The molecule has 1 aromatic rings. The van der Waals surface area contributed by atoms with Gasteiger partial charge >= 0.3 is 0 Å². The molecule has 15 heavy (non-hydrogen) atoms. The molecule has 1 heterocycles. The van der Waals surface area contributed by atoms with Crippen LogP contribution >= 0.6 is 23.5 Å². The normalized spacial score (nSPS) is 12.3. The largest absolute Gasteiger partial charge is 0.251 e. The summed E-state index contributed by atoms with van der Waals surface area (Å²) in [6.07, 6.45) is 2.66. The molecule has 0 bridgehead atoms. The number of hydrogen-bond donors (Lipinski definition) is 0. The molecule has 0 N–H and O–H groups in total. The van der Waals surface area contributed by atoms with Crippen molar-refractivity contribution in [2.75, 3.05) is 0 Å². The lowest BCUT2D eigenvalue weighted by molar-refractivity contribution is 0.621. The average Bonchev–Trinajstić information content (AvgIpc) is 2.07. The summed E-state index contributed by atoms with van der Waals surface area (Å²) in [6, 6.07) is 1.22. The molecular weight excluding hydrogens is 235 g/mol. The van der Waals surface area contributed by atoms with Crippen molar-refractivity contribution in [3.8, 4) is 0 Å². The van der Waals surface area contributed by atoms with Crippen molar-refractivity contribution in [2.24, 2.45) is 4.40 Å². The maximum Gasteiger partial charge on any atom is 0.143 e. The van der Waals surface area contributed by atoms with Gasteiger partial charge in [0.25, 0.3) is 0 Å². The Morgan fingerprint density at radius 2 is 2.20 bits per heavy atom. The predicted molar refractivity (Wildman–Crippen MR) is 64.1 cm³/mol. The number of nitrogens with zero attached hydrogens (tertiary/aromatic N) is 2. The van der Waals surface area contributed by atoms with Crippen LogP contribution in [0.5, 0.6) is 0 Å². The van der Waals surface area contributed by atoms with E-state index in [-0.39, 0.29) is 9.77 Å². The Labute approximate surface area is 98.1 Å². The van der Waals surface area contributed by atoms with E-state index >= 15 is 0 Å². The van der Waals surface area contributed by atoms with Gasteiger partial charge in [-0.1, -0.05) is 11.6 Å². The van der Waals surface area contributed by atoms with Crippen molar-refractivity contribution in [3.63, 3.8) is 0 Å². The van der Waals surface area contributed by atoms with Crippen LogP contribution in [0.15, 0.2) is 16.7 Å². The van der Waals surface area contributed by atoms with Crippen LogP contribution < -0.4 is 0 Å². The zero-order valence-corrected chi connectivity index (χ0v) is 10.4. The molecule has 0 aromatic carbocycles. The molecule has 0 atom stereocenters. The van der Waals surface area contributed by atoms with Gasteiger partial charge in [0.05, 0.1) is 17.4 Å². The Kier molecular flexibility index (Phi) is 4.11. The molecule has 2 nitrogen and oxygen atoms in total. The minimum atomic E-state index is -0.444. The highest BCUT2D eigenvalue weighted by atomic mass is 35.5. The first kappa shape index (κ1) is 12.5. The summed E-state index contributed by atoms with van der Waals surface area (Å²) in [5, 5.41) is 0.272. The van der Waals surface area contributed by atoms with Crippen LogP contribution in [0.25, 0.3) is 0 Å². The molecule has 1 rings (SSSR count). The minimum absolute atomic E-state index is 0.0446. The highest BCUT2D eigenvalue weighted by Crippen LogP contribution is 2.24. The van der Waals surface area contributed by atoms with E-state index in [1.807, 2.05) is 0 Å². The average molecular weight is 247 g/mol. The summed E-state index contributed by atoms with van der Waals surface area (Å²) in [7, 11) is 0. The Morgan fingerprint density at radius 1 is 1.53 bits per heavy atom. The van der Waals surface area contributed by atoms with Crippen molar-refractivity contribution in [3.05, 3.63) is 28.8 Å². The number of halogens is 2. The molecule has 0 radical (unpaired) electrons. The van der Waals surface area contributed by atoms with E-state index in [0.717, 1.165) is 6.20 Å². The van der Waals surface area contributed by atoms with E-state index in [1.54, 1.807) is 0 Å². The second-order valence-electron chi connectivity index (χ2n) is 3.96. The SMILES string of the molecule is CC(C)(C)S/N=C/c1ncc(F)cc1Cl. The molecule has 0 aliphatic heterocycles. The molecule has 0 spiro atoms. The van der Waals surface area contributed by atoms with Crippen LogP contribution in [-0.2, 0) is 0 Å². The minimum Gasteiger partial charge on any atom is -0.251 e. The maximum atomic E-state index is 12.7. The van der Waals surface area contributed by atoms with Crippen LogP contribution in [0.1, 0.15) is 26.5 Å². The molecule has 1 aromatic heterocycles. The fourth-order valence-electron chi connectivity index (χ4n) is 0.755. The number of pyridine rings is 1. The maximum absolute atomic E-state index is 12.7. The van der Waals surface area contributed by atoms with Crippen molar-refractivity contribution < 1.29 is 4.39 Å². The van der Waals surface area contributed by atoms with Gasteiger partial charge in [0.15, 0.2) is 0 Å². The van der Waals surface area contributed by atoms with Crippen molar-refractivity contribution >= 4 is 29.8 Å². The number of hydrogen-bond acceptors (Lipinski definition) is 3. The third-order valence-corrected chi connectivity index (χ3v) is 2.40. The van der Waals surface area contributed by atoms with Crippen LogP contribution in [-0.4, -0.2) is 15.9 Å². The Hall–Kier alpha value is -0.610. The lowest BCUT2D eigenvalue weighted by Gasteiger charge is -2.12. The van der Waals surface area contributed by atoms with Crippen molar-refractivity contribution in [2.45, 2.75) is 25.5 Å². The van der Waals surface area contributed by atoms with Gasteiger partial charge in [-0.05, 0) is 38.8 Å². The summed E-state index contributed by atoms with van der Waals surface area (Å²) in [4.78, 5) is 3.83. The summed E-state index contributed by atoms with van der Waals surface area (Å²) in [6.45, 7) is 6.15. The van der Waals surface area contributed by atoms with Gasteiger partial charge in [0, 0.05) is 4.75 Å². The first-order valence-corrected chi connectivity index (χ1v) is 5.56. The van der Waals surface area contributed by atoms with Crippen LogP contribution in [0.4, 0.5) is 4.39 Å². The first-order chi connectivity index (χ1) is 6.88. The third kappa shape index (κ3) is 4.62. The summed E-state index contributed by atoms with van der Waals surface area (Å²) >= 11 is 7.19. The van der Waals surface area contributed by atoms with Gasteiger partial charge in [0.2, 0.25) is 0 Å². The van der Waals surface area contributed by atoms with Crippen molar-refractivity contribution in [1.29, 1.82) is 0 Å². The van der Waals surface area contributed by atoms with Gasteiger partial charge in [0.1, 0.15) is 11.5 Å². The number of aromatic nitrogens is 1. The van der Waals surface area contributed by atoms with E-state index < -0.39 is 5.82 Å². The van der Waals surface area contributed by atoms with Crippen LogP contribution in [0.3, 0.4) is 0 Å². The highest BCUT2D eigenvalue weighted by Gasteiger charge is 2.09. The quantitative estimate of drug-likeness (QED) is 0.587. The van der Waals surface area contributed by atoms with E-state index in [0.29, 0.717) is 5.69 Å². The standard InChI is InChI=1S/C10H12ClFN2S/c1-10(2,3)15-14-6-9-8(11)4-7(12)5-13-9/h4-6H,1-3H3/b14-6+. The van der Waals surface area contributed by atoms with Gasteiger partial charge < -0.3 is 0 Å². The molecular formula is C10H12ClFN2S. The van der Waals surface area contributed by atoms with Crippen LogP contribution in [0, 0.1) is 5.82 Å². The molecule has 82 valence electrons. The molecule has 5 heteroatoms. The van der Waals surface area contributed by atoms with Gasteiger partial charge in [-0.2, -0.15) is 0 Å². The third-order valence-electron chi connectivity index (χ3n) is 1.34. The highest BCUT2D eigenvalue weighted by molar-refractivity contribution is 7.99. The van der Waals surface area contributed by atoms with Crippen molar-refractivity contribution in [1.82, 2.24) is 4.98 Å². The Bertz CT molecular complexity index is 374. The molecule has 0 saturated carbocycles. The molecule has 0 aliphatic carbocycles. The van der Waals surface area contributed by atoms with E-state index in [4.69, 9.17) is 11.6 Å². The number of rotatable bonds is 2. The van der Waals surface area contributed by atoms with E-state index in [9.17, 15) is 4.39 Å². The Balaban J connectivity index is 2.73. The smallest absolute Gasteiger partial charge is 0.143 e. The fraction of sp³-hybridized carbons (Fsp3) is 0.400. The lowest BCUT2D eigenvalue weighted by Crippen LogP contribution is -2.05. The van der Waals surface area contributed by atoms with Gasteiger partial charge in [-0.25, -0.2) is 8.79 Å². The van der Waals surface area contributed by atoms with Gasteiger partial charge in [-0.15, -0.1) is 0 Å². The second kappa shape index (κ2) is 4.94. The van der Waals surface area contributed by atoms with Crippen LogP contribution in [0.2, 0.25) is 5.02 Å². The molecule has 0 amide bonds. The topological polar surface area (TPSA) is 25.2 Å². The summed E-state index contributed by atoms with van der Waals surface area (Å²) in [5.41, 5.74) is 0.481. The zero-order chi connectivity index (χ0) is 11.5. The molecule has 0 aliphatic rings. The van der Waals surface area contributed by atoms with E-state index in [1.165, 1.54) is 24.2 Å². The van der Waals surface area contributed by atoms with E-state index in [2.05, 4.69) is 30.2 Å².